The third-order valence-electron chi connectivity index (χ3n) is 3.75. The zero-order valence-electron chi connectivity index (χ0n) is 11.9. The molecule has 6 heteroatoms. The maximum atomic E-state index is 11.3. The first kappa shape index (κ1) is 15.8. The number of aliphatic carboxylic acids is 1. The molecule has 2 N–H and O–H groups in total. The van der Waals surface area contributed by atoms with Crippen molar-refractivity contribution in [1.29, 1.82) is 0 Å². The Morgan fingerprint density at radius 3 is 2.68 bits per heavy atom. The maximum absolute atomic E-state index is 11.3. The van der Waals surface area contributed by atoms with E-state index in [-0.39, 0.29) is 18.4 Å². The number of carboxylic acid groups (broad SMARTS) is 1. The number of carbonyl (C=O) groups excluding carboxylic acids is 1. The first-order chi connectivity index (χ1) is 8.96. The molecule has 0 aliphatic carbocycles. The van der Waals surface area contributed by atoms with Crippen LogP contribution >= 0.6 is 0 Å². The van der Waals surface area contributed by atoms with Crippen molar-refractivity contribution in [1.82, 2.24) is 10.2 Å². The van der Waals surface area contributed by atoms with Gasteiger partial charge >= 0.3 is 12.1 Å². The number of carboxylic acids is 1. The minimum absolute atomic E-state index is 0.0421. The number of amides is 1. The molecule has 1 heterocycles. The summed E-state index contributed by atoms with van der Waals surface area (Å²) < 4.78 is 4.61. The lowest BCUT2D eigenvalue weighted by atomic mass is 9.90. The summed E-state index contributed by atoms with van der Waals surface area (Å²) in [6.07, 6.45) is 1.39. The number of likely N-dealkylation sites (tertiary alicyclic amines) is 1. The molecule has 1 fully saturated rings. The molecule has 0 radical (unpaired) electrons. The normalized spacial score (nSPS) is 25.6. The molecule has 1 aliphatic heterocycles. The van der Waals surface area contributed by atoms with Gasteiger partial charge in [-0.3, -0.25) is 9.69 Å². The third kappa shape index (κ3) is 5.06. The molecule has 3 atom stereocenters. The molecule has 0 saturated carbocycles. The molecule has 1 saturated heterocycles. The van der Waals surface area contributed by atoms with Gasteiger partial charge in [0, 0.05) is 31.6 Å². The first-order valence-corrected chi connectivity index (χ1v) is 6.76. The van der Waals surface area contributed by atoms with E-state index in [0.717, 1.165) is 19.5 Å². The van der Waals surface area contributed by atoms with E-state index in [1.54, 1.807) is 0 Å². The van der Waals surface area contributed by atoms with Gasteiger partial charge in [0.1, 0.15) is 0 Å². The molecule has 6 nitrogen and oxygen atoms in total. The quantitative estimate of drug-likeness (QED) is 0.789. The van der Waals surface area contributed by atoms with Gasteiger partial charge in [0.25, 0.3) is 0 Å². The minimum Gasteiger partial charge on any atom is -0.481 e. The highest BCUT2D eigenvalue weighted by Gasteiger charge is 2.31. The number of hydrogen-bond donors (Lipinski definition) is 2. The summed E-state index contributed by atoms with van der Waals surface area (Å²) in [6, 6.07) is 0.345. The van der Waals surface area contributed by atoms with Crippen LogP contribution in [0.2, 0.25) is 0 Å². The lowest BCUT2D eigenvalue weighted by Crippen LogP contribution is -2.53. The van der Waals surface area contributed by atoms with Crippen LogP contribution in [0.3, 0.4) is 0 Å². The van der Waals surface area contributed by atoms with E-state index in [9.17, 15) is 9.59 Å². The summed E-state index contributed by atoms with van der Waals surface area (Å²) in [5.74, 6) is -0.713. The van der Waals surface area contributed by atoms with Gasteiger partial charge in [0.15, 0.2) is 0 Å². The molecule has 1 rings (SSSR count). The van der Waals surface area contributed by atoms with Crippen LogP contribution in [0.1, 0.15) is 33.1 Å². The number of alkyl carbamates (subject to hydrolysis) is 1. The number of methoxy groups -OCH3 is 1. The predicted molar refractivity (Wildman–Crippen MR) is 71.0 cm³/mol. The Balaban J connectivity index is 2.65. The van der Waals surface area contributed by atoms with Crippen molar-refractivity contribution in [2.24, 2.45) is 5.92 Å². The lowest BCUT2D eigenvalue weighted by molar-refractivity contribution is -0.138. The van der Waals surface area contributed by atoms with E-state index in [1.807, 2.05) is 0 Å². The second-order valence-corrected chi connectivity index (χ2v) is 5.24. The maximum Gasteiger partial charge on any atom is 0.407 e. The Hall–Kier alpha value is -1.30. The highest BCUT2D eigenvalue weighted by Crippen LogP contribution is 2.22. The Kier molecular flexibility index (Phi) is 6.08. The fraction of sp³-hybridized carbons (Fsp3) is 0.846. The topological polar surface area (TPSA) is 78.9 Å². The van der Waals surface area contributed by atoms with Gasteiger partial charge < -0.3 is 15.2 Å². The molecule has 0 aromatic carbocycles. The number of ether oxygens (including phenoxy) is 1. The van der Waals surface area contributed by atoms with Crippen molar-refractivity contribution < 1.29 is 19.4 Å². The van der Waals surface area contributed by atoms with Crippen LogP contribution in [0, 0.1) is 5.92 Å². The zero-order valence-corrected chi connectivity index (χ0v) is 11.9. The fourth-order valence-electron chi connectivity index (χ4n) is 2.58. The molecular weight excluding hydrogens is 248 g/mol. The van der Waals surface area contributed by atoms with E-state index >= 15 is 0 Å². The van der Waals surface area contributed by atoms with Crippen molar-refractivity contribution in [3.05, 3.63) is 0 Å². The summed E-state index contributed by atoms with van der Waals surface area (Å²) >= 11 is 0. The van der Waals surface area contributed by atoms with Crippen molar-refractivity contribution in [3.63, 3.8) is 0 Å². The van der Waals surface area contributed by atoms with E-state index in [0.29, 0.717) is 12.5 Å². The molecule has 1 amide bonds. The number of rotatable bonds is 5. The Bertz CT molecular complexity index is 322. The Morgan fingerprint density at radius 2 is 2.16 bits per heavy atom. The molecular formula is C13H24N2O4. The van der Waals surface area contributed by atoms with Gasteiger partial charge in [0.05, 0.1) is 7.11 Å². The Morgan fingerprint density at radius 1 is 1.47 bits per heavy atom. The SMILES string of the molecule is CCC(C)N1CC(CC(=O)O)CC(NC(=O)OC)C1. The summed E-state index contributed by atoms with van der Waals surface area (Å²) in [7, 11) is 1.33. The molecule has 19 heavy (non-hydrogen) atoms. The largest absolute Gasteiger partial charge is 0.481 e. The summed E-state index contributed by atoms with van der Waals surface area (Å²) in [4.78, 5) is 24.4. The van der Waals surface area contributed by atoms with Gasteiger partial charge in [-0.25, -0.2) is 4.79 Å². The monoisotopic (exact) mass is 272 g/mol. The van der Waals surface area contributed by atoms with Crippen LogP contribution in [0.25, 0.3) is 0 Å². The second-order valence-electron chi connectivity index (χ2n) is 5.24. The highest BCUT2D eigenvalue weighted by atomic mass is 16.5. The second kappa shape index (κ2) is 7.33. The molecule has 0 bridgehead atoms. The van der Waals surface area contributed by atoms with Gasteiger partial charge in [-0.2, -0.15) is 0 Å². The Labute approximate surface area is 114 Å². The number of carbonyl (C=O) groups is 2. The third-order valence-corrected chi connectivity index (χ3v) is 3.75. The smallest absolute Gasteiger partial charge is 0.407 e. The van der Waals surface area contributed by atoms with Crippen molar-refractivity contribution in [2.45, 2.75) is 45.2 Å². The van der Waals surface area contributed by atoms with Crippen molar-refractivity contribution in [2.75, 3.05) is 20.2 Å². The summed E-state index contributed by atoms with van der Waals surface area (Å²) in [5, 5.41) is 11.7. The summed E-state index contributed by atoms with van der Waals surface area (Å²) in [6.45, 7) is 5.76. The lowest BCUT2D eigenvalue weighted by Gasteiger charge is -2.40. The zero-order chi connectivity index (χ0) is 14.4. The van der Waals surface area contributed by atoms with E-state index in [2.05, 4.69) is 28.8 Å². The number of nitrogens with one attached hydrogen (secondary N) is 1. The van der Waals surface area contributed by atoms with Crippen LogP contribution in [-0.4, -0.2) is 54.4 Å². The highest BCUT2D eigenvalue weighted by molar-refractivity contribution is 5.68. The molecule has 3 unspecified atom stereocenters. The van der Waals surface area contributed by atoms with Crippen LogP contribution in [0.5, 0.6) is 0 Å². The van der Waals surface area contributed by atoms with Crippen molar-refractivity contribution in [3.8, 4) is 0 Å². The summed E-state index contributed by atoms with van der Waals surface area (Å²) in [5.41, 5.74) is 0. The van der Waals surface area contributed by atoms with E-state index < -0.39 is 12.1 Å². The van der Waals surface area contributed by atoms with E-state index in [1.165, 1.54) is 7.11 Å². The van der Waals surface area contributed by atoms with Crippen LogP contribution in [0.4, 0.5) is 4.79 Å². The van der Waals surface area contributed by atoms with Crippen molar-refractivity contribution >= 4 is 12.1 Å². The van der Waals surface area contributed by atoms with Gasteiger partial charge in [0.2, 0.25) is 0 Å². The predicted octanol–water partition coefficient (Wildman–Crippen LogP) is 1.31. The van der Waals surface area contributed by atoms with Crippen LogP contribution in [-0.2, 0) is 9.53 Å². The van der Waals surface area contributed by atoms with Gasteiger partial charge in [-0.1, -0.05) is 6.92 Å². The van der Waals surface area contributed by atoms with Gasteiger partial charge in [-0.15, -0.1) is 0 Å². The standard InChI is InChI=1S/C13H24N2O4/c1-4-9(2)15-7-10(6-12(16)17)5-11(8-15)14-13(18)19-3/h9-11H,4-8H2,1-3H3,(H,14,18)(H,16,17). The average molecular weight is 272 g/mol. The fourth-order valence-corrected chi connectivity index (χ4v) is 2.58. The molecule has 0 aromatic heterocycles. The average Bonchev–Trinajstić information content (AvgIpc) is 2.36. The van der Waals surface area contributed by atoms with Crippen LogP contribution in [0.15, 0.2) is 0 Å². The first-order valence-electron chi connectivity index (χ1n) is 6.76. The number of nitrogens with zero attached hydrogens (tertiary/aromatic N) is 1. The molecule has 110 valence electrons. The van der Waals surface area contributed by atoms with E-state index in [4.69, 9.17) is 5.11 Å². The van der Waals surface area contributed by atoms with Crippen LogP contribution < -0.4 is 5.32 Å². The number of piperidine rings is 1. The van der Waals surface area contributed by atoms with Gasteiger partial charge in [-0.05, 0) is 25.7 Å². The molecule has 0 aromatic rings. The molecule has 0 spiro atoms. The number of hydrogen-bond acceptors (Lipinski definition) is 4. The minimum atomic E-state index is -0.784. The molecule has 1 aliphatic rings.